The molecular weight excluding hydrogens is 226 g/mol. The summed E-state index contributed by atoms with van der Waals surface area (Å²) >= 11 is 1.94. The van der Waals surface area contributed by atoms with Gasteiger partial charge in [-0.15, -0.1) is 11.3 Å². The summed E-state index contributed by atoms with van der Waals surface area (Å²) < 4.78 is 0. The lowest BCUT2D eigenvalue weighted by Crippen LogP contribution is -2.38. The van der Waals surface area contributed by atoms with Crippen molar-refractivity contribution in [3.63, 3.8) is 0 Å². The van der Waals surface area contributed by atoms with E-state index in [1.54, 1.807) is 4.88 Å². The normalized spacial score (nSPS) is 23.8. The molecule has 1 aromatic heterocycles. The molecule has 94 valence electrons. The van der Waals surface area contributed by atoms with Crippen LogP contribution in [0.1, 0.15) is 49.8 Å². The molecule has 1 aromatic rings. The highest BCUT2D eigenvalue weighted by Crippen LogP contribution is 2.40. The summed E-state index contributed by atoms with van der Waals surface area (Å²) in [5, 5.41) is 6.01. The van der Waals surface area contributed by atoms with Crippen LogP contribution in [0.4, 0.5) is 0 Å². The molecule has 1 heterocycles. The summed E-state index contributed by atoms with van der Waals surface area (Å²) in [6.45, 7) is 1.26. The van der Waals surface area contributed by atoms with Crippen LogP contribution in [-0.2, 0) is 6.42 Å². The summed E-state index contributed by atoms with van der Waals surface area (Å²) in [6.07, 6.45) is 11.3. The van der Waals surface area contributed by atoms with Crippen molar-refractivity contribution in [2.75, 3.05) is 6.54 Å². The lowest BCUT2D eigenvalue weighted by atomic mass is 9.71. The van der Waals surface area contributed by atoms with Crippen molar-refractivity contribution >= 4 is 11.3 Å². The zero-order chi connectivity index (χ0) is 11.6. The summed E-state index contributed by atoms with van der Waals surface area (Å²) in [5.74, 6) is 0. The van der Waals surface area contributed by atoms with E-state index in [0.717, 1.165) is 6.04 Å². The van der Waals surface area contributed by atoms with Gasteiger partial charge in [-0.25, -0.2) is 0 Å². The number of thiophene rings is 1. The fourth-order valence-electron chi connectivity index (χ4n) is 3.15. The SMILES string of the molecule is c1csc(CC2(CNC3CC3)CCCCC2)c1. The molecule has 1 nitrogen and oxygen atoms in total. The maximum atomic E-state index is 3.78. The molecule has 2 heteroatoms. The fourth-order valence-corrected chi connectivity index (χ4v) is 4.03. The van der Waals surface area contributed by atoms with E-state index in [2.05, 4.69) is 22.8 Å². The Hall–Kier alpha value is -0.340. The molecule has 2 aliphatic carbocycles. The van der Waals surface area contributed by atoms with E-state index < -0.39 is 0 Å². The zero-order valence-electron chi connectivity index (χ0n) is 10.6. The van der Waals surface area contributed by atoms with Crippen LogP contribution in [0.15, 0.2) is 17.5 Å². The predicted octanol–water partition coefficient (Wildman–Crippen LogP) is 3.99. The van der Waals surface area contributed by atoms with Gasteiger partial charge in [0.15, 0.2) is 0 Å². The molecule has 0 amide bonds. The minimum atomic E-state index is 0.575. The van der Waals surface area contributed by atoms with Gasteiger partial charge in [-0.2, -0.15) is 0 Å². The third-order valence-corrected chi connectivity index (χ3v) is 5.26. The molecule has 0 bridgehead atoms. The van der Waals surface area contributed by atoms with E-state index in [1.165, 1.54) is 57.9 Å². The van der Waals surface area contributed by atoms with E-state index >= 15 is 0 Å². The van der Waals surface area contributed by atoms with E-state index in [4.69, 9.17) is 0 Å². The molecule has 1 N–H and O–H groups in total. The maximum Gasteiger partial charge on any atom is 0.00684 e. The molecule has 17 heavy (non-hydrogen) atoms. The molecule has 0 atom stereocenters. The Morgan fingerprint density at radius 1 is 1.24 bits per heavy atom. The average molecular weight is 249 g/mol. The summed E-state index contributed by atoms with van der Waals surface area (Å²) in [7, 11) is 0. The molecule has 2 fully saturated rings. The van der Waals surface area contributed by atoms with Crippen LogP contribution in [0.5, 0.6) is 0 Å². The van der Waals surface area contributed by atoms with Gasteiger partial charge < -0.3 is 5.32 Å². The van der Waals surface area contributed by atoms with E-state index in [0.29, 0.717) is 5.41 Å². The standard InChI is InChI=1S/C15H23NS/c1-2-8-15(9-3-1,12-16-13-6-7-13)11-14-5-4-10-17-14/h4-5,10,13,16H,1-3,6-9,11-12H2. The summed E-state index contributed by atoms with van der Waals surface area (Å²) in [5.41, 5.74) is 0.575. The molecule has 0 saturated heterocycles. The lowest BCUT2D eigenvalue weighted by molar-refractivity contribution is 0.181. The van der Waals surface area contributed by atoms with Crippen LogP contribution in [0.25, 0.3) is 0 Å². The Morgan fingerprint density at radius 2 is 2.06 bits per heavy atom. The number of hydrogen-bond acceptors (Lipinski definition) is 2. The van der Waals surface area contributed by atoms with Gasteiger partial charge in [0.1, 0.15) is 0 Å². The van der Waals surface area contributed by atoms with Crippen LogP contribution in [-0.4, -0.2) is 12.6 Å². The molecule has 0 unspecified atom stereocenters. The second kappa shape index (κ2) is 5.11. The predicted molar refractivity (Wildman–Crippen MR) is 74.6 cm³/mol. The Bertz CT molecular complexity index is 334. The largest absolute Gasteiger partial charge is 0.313 e. The van der Waals surface area contributed by atoms with Gasteiger partial charge in [0.25, 0.3) is 0 Å². The highest BCUT2D eigenvalue weighted by atomic mass is 32.1. The molecule has 3 rings (SSSR count). The minimum absolute atomic E-state index is 0.575. The van der Waals surface area contributed by atoms with Crippen molar-refractivity contribution in [3.8, 4) is 0 Å². The average Bonchev–Trinajstić information content (AvgIpc) is 3.06. The second-order valence-electron chi connectivity index (χ2n) is 5.97. The van der Waals surface area contributed by atoms with Crippen LogP contribution in [0, 0.1) is 5.41 Å². The van der Waals surface area contributed by atoms with Crippen LogP contribution < -0.4 is 5.32 Å². The third-order valence-electron chi connectivity index (χ3n) is 4.39. The van der Waals surface area contributed by atoms with Crippen LogP contribution in [0.3, 0.4) is 0 Å². The Balaban J connectivity index is 1.65. The molecule has 0 spiro atoms. The van der Waals surface area contributed by atoms with Gasteiger partial charge in [-0.05, 0) is 49.0 Å². The summed E-state index contributed by atoms with van der Waals surface area (Å²) in [4.78, 5) is 1.59. The van der Waals surface area contributed by atoms with Gasteiger partial charge in [-0.1, -0.05) is 25.3 Å². The first-order valence-electron chi connectivity index (χ1n) is 7.12. The molecule has 2 saturated carbocycles. The first-order chi connectivity index (χ1) is 8.36. The van der Waals surface area contributed by atoms with Crippen molar-refractivity contribution in [1.29, 1.82) is 0 Å². The number of rotatable bonds is 5. The lowest BCUT2D eigenvalue weighted by Gasteiger charge is -2.37. The zero-order valence-corrected chi connectivity index (χ0v) is 11.4. The summed E-state index contributed by atoms with van der Waals surface area (Å²) in [6, 6.07) is 5.38. The van der Waals surface area contributed by atoms with E-state index in [1.807, 2.05) is 11.3 Å². The number of nitrogens with one attached hydrogen (secondary N) is 1. The molecular formula is C15H23NS. The highest BCUT2D eigenvalue weighted by Gasteiger charge is 2.34. The van der Waals surface area contributed by atoms with Crippen molar-refractivity contribution in [1.82, 2.24) is 5.32 Å². The van der Waals surface area contributed by atoms with Crippen molar-refractivity contribution < 1.29 is 0 Å². The van der Waals surface area contributed by atoms with Crippen molar-refractivity contribution in [2.24, 2.45) is 5.41 Å². The van der Waals surface area contributed by atoms with E-state index in [-0.39, 0.29) is 0 Å². The van der Waals surface area contributed by atoms with Gasteiger partial charge >= 0.3 is 0 Å². The maximum absolute atomic E-state index is 3.78. The van der Waals surface area contributed by atoms with Gasteiger partial charge in [0.2, 0.25) is 0 Å². The van der Waals surface area contributed by atoms with E-state index in [9.17, 15) is 0 Å². The quantitative estimate of drug-likeness (QED) is 0.832. The molecule has 2 aliphatic rings. The first-order valence-corrected chi connectivity index (χ1v) is 8.00. The van der Waals surface area contributed by atoms with Crippen LogP contribution >= 0.6 is 11.3 Å². The van der Waals surface area contributed by atoms with Crippen molar-refractivity contribution in [2.45, 2.75) is 57.4 Å². The molecule has 0 radical (unpaired) electrons. The second-order valence-corrected chi connectivity index (χ2v) is 7.00. The third kappa shape index (κ3) is 3.11. The van der Waals surface area contributed by atoms with Crippen LogP contribution in [0.2, 0.25) is 0 Å². The fraction of sp³-hybridized carbons (Fsp3) is 0.733. The monoisotopic (exact) mass is 249 g/mol. The topological polar surface area (TPSA) is 12.0 Å². The Labute approximate surface area is 109 Å². The van der Waals surface area contributed by atoms with Gasteiger partial charge in [0, 0.05) is 17.5 Å². The number of hydrogen-bond donors (Lipinski definition) is 1. The van der Waals surface area contributed by atoms with Crippen molar-refractivity contribution in [3.05, 3.63) is 22.4 Å². The molecule has 0 aliphatic heterocycles. The van der Waals surface area contributed by atoms with Gasteiger partial charge in [-0.3, -0.25) is 0 Å². The smallest absolute Gasteiger partial charge is 0.00684 e. The first kappa shape index (κ1) is 11.7. The highest BCUT2D eigenvalue weighted by molar-refractivity contribution is 7.09. The Kier molecular flexibility index (Phi) is 3.53. The Morgan fingerprint density at radius 3 is 2.71 bits per heavy atom. The van der Waals surface area contributed by atoms with Gasteiger partial charge in [0.05, 0.1) is 0 Å². The molecule has 0 aromatic carbocycles. The minimum Gasteiger partial charge on any atom is -0.313 e.